The van der Waals surface area contributed by atoms with Crippen LogP contribution < -0.4 is 5.73 Å². The number of fused-ring (bicyclic) bond motifs is 1. The van der Waals surface area contributed by atoms with Crippen LogP contribution in [0.4, 0.5) is 18.9 Å². The van der Waals surface area contributed by atoms with Gasteiger partial charge in [0.2, 0.25) is 0 Å². The molecule has 1 heterocycles. The van der Waals surface area contributed by atoms with Crippen LogP contribution in [-0.4, -0.2) is 15.7 Å². The highest BCUT2D eigenvalue weighted by Crippen LogP contribution is 2.23. The minimum absolute atomic E-state index is 0.137. The number of benzene rings is 1. The van der Waals surface area contributed by atoms with Crippen molar-refractivity contribution in [2.45, 2.75) is 32.0 Å². The third-order valence-electron chi connectivity index (χ3n) is 2.75. The van der Waals surface area contributed by atoms with Crippen LogP contribution in [0.5, 0.6) is 0 Å². The van der Waals surface area contributed by atoms with Gasteiger partial charge in [-0.05, 0) is 31.0 Å². The maximum atomic E-state index is 12.0. The Hall–Kier alpha value is -1.72. The number of anilines is 1. The number of hydrogen-bond donors (Lipinski definition) is 1. The van der Waals surface area contributed by atoms with Crippen molar-refractivity contribution in [3.05, 3.63) is 24.5 Å². The molecule has 3 nitrogen and oxygen atoms in total. The molecule has 0 aliphatic carbocycles. The summed E-state index contributed by atoms with van der Waals surface area (Å²) in [5.74, 6) is 0. The van der Waals surface area contributed by atoms with Crippen LogP contribution in [0, 0.1) is 0 Å². The van der Waals surface area contributed by atoms with Gasteiger partial charge >= 0.3 is 6.18 Å². The third-order valence-corrected chi connectivity index (χ3v) is 2.75. The smallest absolute Gasteiger partial charge is 0.389 e. The average Bonchev–Trinajstić information content (AvgIpc) is 2.65. The largest absolute Gasteiger partial charge is 0.399 e. The number of nitrogens with two attached hydrogens (primary N) is 1. The summed E-state index contributed by atoms with van der Waals surface area (Å²) in [6, 6.07) is 5.35. The minimum Gasteiger partial charge on any atom is -0.399 e. The summed E-state index contributed by atoms with van der Waals surface area (Å²) >= 11 is 0. The van der Waals surface area contributed by atoms with Crippen molar-refractivity contribution >= 4 is 16.7 Å². The van der Waals surface area contributed by atoms with E-state index in [9.17, 15) is 13.2 Å². The molecule has 0 radical (unpaired) electrons. The van der Waals surface area contributed by atoms with Gasteiger partial charge < -0.3 is 10.3 Å². The Morgan fingerprint density at radius 3 is 2.72 bits per heavy atom. The predicted octanol–water partition coefficient (Wildman–Crippen LogP) is 3.35. The molecule has 0 amide bonds. The number of hydrogen-bond acceptors (Lipinski definition) is 2. The number of imidazole rings is 1. The van der Waals surface area contributed by atoms with Gasteiger partial charge in [-0.25, -0.2) is 4.98 Å². The summed E-state index contributed by atoms with van der Waals surface area (Å²) in [6.45, 7) is 0.538. The van der Waals surface area contributed by atoms with Crippen LogP contribution in [0.25, 0.3) is 11.0 Å². The molecular formula is C12H14F3N3. The van der Waals surface area contributed by atoms with E-state index in [-0.39, 0.29) is 6.42 Å². The van der Waals surface area contributed by atoms with Crippen molar-refractivity contribution in [3.8, 4) is 0 Å². The maximum absolute atomic E-state index is 12.0. The first-order chi connectivity index (χ1) is 8.46. The lowest BCUT2D eigenvalue weighted by Gasteiger charge is -2.07. The first-order valence-corrected chi connectivity index (χ1v) is 5.73. The van der Waals surface area contributed by atoms with E-state index in [2.05, 4.69) is 4.98 Å². The van der Waals surface area contributed by atoms with Crippen LogP contribution in [0.15, 0.2) is 24.5 Å². The van der Waals surface area contributed by atoms with Gasteiger partial charge in [-0.1, -0.05) is 0 Å². The molecule has 0 spiro atoms. The highest BCUT2D eigenvalue weighted by atomic mass is 19.4. The molecule has 2 N–H and O–H groups in total. The monoisotopic (exact) mass is 257 g/mol. The number of aromatic nitrogens is 2. The molecule has 1 aromatic heterocycles. The Balaban J connectivity index is 1.96. The number of unbranched alkanes of at least 4 members (excludes halogenated alkanes) is 1. The lowest BCUT2D eigenvalue weighted by Crippen LogP contribution is -2.07. The third kappa shape index (κ3) is 3.15. The fourth-order valence-electron chi connectivity index (χ4n) is 1.87. The fraction of sp³-hybridized carbons (Fsp3) is 0.417. The first kappa shape index (κ1) is 12.7. The number of alkyl halides is 3. The zero-order chi connectivity index (χ0) is 13.2. The molecule has 0 saturated heterocycles. The van der Waals surface area contributed by atoms with Crippen molar-refractivity contribution < 1.29 is 13.2 Å². The number of rotatable bonds is 4. The fourth-order valence-corrected chi connectivity index (χ4v) is 1.87. The molecule has 0 unspecified atom stereocenters. The van der Waals surface area contributed by atoms with Crippen molar-refractivity contribution in [1.82, 2.24) is 9.55 Å². The van der Waals surface area contributed by atoms with E-state index in [4.69, 9.17) is 5.73 Å². The van der Waals surface area contributed by atoms with E-state index in [0.717, 1.165) is 11.0 Å². The van der Waals surface area contributed by atoms with Gasteiger partial charge in [0, 0.05) is 18.7 Å². The molecule has 0 fully saturated rings. The van der Waals surface area contributed by atoms with E-state index in [0.29, 0.717) is 18.7 Å². The topological polar surface area (TPSA) is 43.8 Å². The van der Waals surface area contributed by atoms with Crippen molar-refractivity contribution in [1.29, 1.82) is 0 Å². The van der Waals surface area contributed by atoms with Gasteiger partial charge in [-0.3, -0.25) is 0 Å². The lowest BCUT2D eigenvalue weighted by atomic mass is 10.2. The molecule has 98 valence electrons. The second-order valence-corrected chi connectivity index (χ2v) is 4.26. The number of nitrogens with zero attached hydrogens (tertiary/aromatic N) is 2. The van der Waals surface area contributed by atoms with Crippen molar-refractivity contribution in [2.75, 3.05) is 5.73 Å². The summed E-state index contributed by atoms with van der Waals surface area (Å²) in [4.78, 5) is 4.17. The van der Waals surface area contributed by atoms with E-state index in [1.54, 1.807) is 18.5 Å². The normalized spacial score (nSPS) is 12.2. The quantitative estimate of drug-likeness (QED) is 0.674. The molecule has 18 heavy (non-hydrogen) atoms. The molecule has 0 aliphatic rings. The van der Waals surface area contributed by atoms with E-state index >= 15 is 0 Å². The Kier molecular flexibility index (Phi) is 3.45. The molecule has 0 atom stereocenters. The molecule has 0 saturated carbocycles. The van der Waals surface area contributed by atoms with Gasteiger partial charge in [0.05, 0.1) is 17.4 Å². The second kappa shape index (κ2) is 4.88. The Morgan fingerprint density at radius 2 is 2.00 bits per heavy atom. The predicted molar refractivity (Wildman–Crippen MR) is 64.1 cm³/mol. The summed E-state index contributed by atoms with van der Waals surface area (Å²) in [5, 5.41) is 0. The Labute approximate surface area is 102 Å². The molecular weight excluding hydrogens is 243 g/mol. The van der Waals surface area contributed by atoms with E-state index in [1.165, 1.54) is 0 Å². The van der Waals surface area contributed by atoms with Gasteiger partial charge in [0.1, 0.15) is 0 Å². The minimum atomic E-state index is -4.06. The standard InChI is InChI=1S/C12H14F3N3/c13-12(14,15)5-1-2-6-18-8-17-10-7-9(16)3-4-11(10)18/h3-4,7-8H,1-2,5-6,16H2. The number of aryl methyl sites for hydroxylation is 1. The first-order valence-electron chi connectivity index (χ1n) is 5.73. The summed E-state index contributed by atoms with van der Waals surface area (Å²) in [7, 11) is 0. The molecule has 0 bridgehead atoms. The van der Waals surface area contributed by atoms with Crippen molar-refractivity contribution in [2.24, 2.45) is 0 Å². The van der Waals surface area contributed by atoms with Crippen LogP contribution in [0.3, 0.4) is 0 Å². The molecule has 2 rings (SSSR count). The molecule has 6 heteroatoms. The van der Waals surface area contributed by atoms with Crippen LogP contribution in [0.1, 0.15) is 19.3 Å². The van der Waals surface area contributed by atoms with E-state index < -0.39 is 12.6 Å². The zero-order valence-corrected chi connectivity index (χ0v) is 9.74. The SMILES string of the molecule is Nc1ccc2c(c1)ncn2CCCCC(F)(F)F. The van der Waals surface area contributed by atoms with Gasteiger partial charge in [0.25, 0.3) is 0 Å². The maximum Gasteiger partial charge on any atom is 0.389 e. The molecule has 2 aromatic rings. The number of halogens is 3. The van der Waals surface area contributed by atoms with Crippen LogP contribution in [-0.2, 0) is 6.54 Å². The van der Waals surface area contributed by atoms with Crippen molar-refractivity contribution in [3.63, 3.8) is 0 Å². The lowest BCUT2D eigenvalue weighted by molar-refractivity contribution is -0.135. The Bertz CT molecular complexity index is 531. The second-order valence-electron chi connectivity index (χ2n) is 4.26. The summed E-state index contributed by atoms with van der Waals surface area (Å²) in [6.07, 6.45) is -2.54. The Morgan fingerprint density at radius 1 is 1.22 bits per heavy atom. The van der Waals surface area contributed by atoms with Crippen LogP contribution in [0.2, 0.25) is 0 Å². The van der Waals surface area contributed by atoms with Crippen LogP contribution >= 0.6 is 0 Å². The number of nitrogen functional groups attached to an aromatic ring is 1. The van der Waals surface area contributed by atoms with Gasteiger partial charge in [-0.15, -0.1) is 0 Å². The molecule has 0 aliphatic heterocycles. The van der Waals surface area contributed by atoms with Gasteiger partial charge in [0.15, 0.2) is 0 Å². The zero-order valence-electron chi connectivity index (χ0n) is 9.74. The van der Waals surface area contributed by atoms with Gasteiger partial charge in [-0.2, -0.15) is 13.2 Å². The highest BCUT2D eigenvalue weighted by molar-refractivity contribution is 5.78. The summed E-state index contributed by atoms with van der Waals surface area (Å²) in [5.41, 5.74) is 7.93. The average molecular weight is 257 g/mol. The highest BCUT2D eigenvalue weighted by Gasteiger charge is 2.25. The molecule has 1 aromatic carbocycles. The summed E-state index contributed by atoms with van der Waals surface area (Å²) < 4.78 is 37.8. The van der Waals surface area contributed by atoms with E-state index in [1.807, 2.05) is 10.6 Å².